The van der Waals surface area contributed by atoms with Gasteiger partial charge in [-0.3, -0.25) is 0 Å². The van der Waals surface area contributed by atoms with E-state index in [-0.39, 0.29) is 5.56 Å². The Morgan fingerprint density at radius 2 is 1.57 bits per heavy atom. The highest BCUT2D eigenvalue weighted by molar-refractivity contribution is 5.61. The molecule has 2 fully saturated rings. The van der Waals surface area contributed by atoms with E-state index in [9.17, 15) is 9.65 Å². The maximum atomic E-state index is 13.9. The van der Waals surface area contributed by atoms with Gasteiger partial charge in [0.2, 0.25) is 0 Å². The Balaban J connectivity index is 1.49. The zero-order valence-electron chi connectivity index (χ0n) is 15.9. The average Bonchev–Trinajstić information content (AvgIpc) is 2.74. The normalized spacial score (nSPS) is 17.5. The minimum absolute atomic E-state index is 0.114. The third-order valence-electron chi connectivity index (χ3n) is 5.19. The first-order chi connectivity index (χ1) is 13.7. The first-order valence-corrected chi connectivity index (χ1v) is 9.52. The lowest BCUT2D eigenvalue weighted by molar-refractivity contribution is 0.122. The van der Waals surface area contributed by atoms with E-state index in [1.165, 1.54) is 6.07 Å². The predicted molar refractivity (Wildman–Crippen MR) is 105 cm³/mol. The monoisotopic (exact) mass is 382 g/mol. The van der Waals surface area contributed by atoms with Crippen molar-refractivity contribution in [3.63, 3.8) is 0 Å². The van der Waals surface area contributed by atoms with Gasteiger partial charge < -0.3 is 19.4 Å². The zero-order chi connectivity index (χ0) is 19.5. The molecule has 0 unspecified atom stereocenters. The highest BCUT2D eigenvalue weighted by atomic mass is 19.1. The van der Waals surface area contributed by atoms with Gasteiger partial charge in [-0.05, 0) is 19.1 Å². The van der Waals surface area contributed by atoms with E-state index in [2.05, 4.69) is 24.7 Å². The number of anilines is 3. The van der Waals surface area contributed by atoms with Gasteiger partial charge in [0.1, 0.15) is 34.9 Å². The molecule has 0 bridgehead atoms. The quantitative estimate of drug-likeness (QED) is 0.804. The topological polar surface area (TPSA) is 68.5 Å². The molecule has 0 aliphatic carbocycles. The largest absolute Gasteiger partial charge is 0.378 e. The Morgan fingerprint density at radius 1 is 0.964 bits per heavy atom. The van der Waals surface area contributed by atoms with Crippen LogP contribution in [0, 0.1) is 24.1 Å². The standard InChI is InChI=1S/C20H23FN6O/c1-15-23-19(13-20(24-15)27-9-11-28-12-10-27)26-7-5-25(6-8-26)18-4-2-3-17(21)16(18)14-22/h2-4,13H,5-12H2,1H3. The number of morpholine rings is 1. The van der Waals surface area contributed by atoms with Gasteiger partial charge in [-0.25, -0.2) is 14.4 Å². The molecule has 7 nitrogen and oxygen atoms in total. The first kappa shape index (κ1) is 18.4. The molecule has 0 saturated carbocycles. The van der Waals surface area contributed by atoms with Crippen molar-refractivity contribution in [1.82, 2.24) is 9.97 Å². The summed E-state index contributed by atoms with van der Waals surface area (Å²) < 4.78 is 19.4. The SMILES string of the molecule is Cc1nc(N2CCOCC2)cc(N2CCN(c3cccc(F)c3C#N)CC2)n1. The van der Waals surface area contributed by atoms with Crippen LogP contribution in [0.4, 0.5) is 21.7 Å². The molecule has 2 saturated heterocycles. The summed E-state index contributed by atoms with van der Waals surface area (Å²) in [6.45, 7) is 7.91. The number of aromatic nitrogens is 2. The van der Waals surface area contributed by atoms with Crippen LogP contribution in [0.15, 0.2) is 24.3 Å². The number of hydrogen-bond donors (Lipinski definition) is 0. The van der Waals surface area contributed by atoms with Gasteiger partial charge in [-0.1, -0.05) is 6.07 Å². The number of ether oxygens (including phenoxy) is 1. The van der Waals surface area contributed by atoms with Crippen LogP contribution in [0.3, 0.4) is 0 Å². The lowest BCUT2D eigenvalue weighted by atomic mass is 10.1. The number of hydrogen-bond acceptors (Lipinski definition) is 7. The van der Waals surface area contributed by atoms with E-state index in [0.29, 0.717) is 32.0 Å². The molecule has 0 spiro atoms. The van der Waals surface area contributed by atoms with Crippen molar-refractivity contribution >= 4 is 17.3 Å². The van der Waals surface area contributed by atoms with Crippen LogP contribution < -0.4 is 14.7 Å². The highest BCUT2D eigenvalue weighted by Crippen LogP contribution is 2.26. The molecule has 8 heteroatoms. The maximum absolute atomic E-state index is 13.9. The van der Waals surface area contributed by atoms with Crippen molar-refractivity contribution < 1.29 is 9.13 Å². The van der Waals surface area contributed by atoms with Crippen molar-refractivity contribution in [3.05, 3.63) is 41.5 Å². The van der Waals surface area contributed by atoms with Gasteiger partial charge in [-0.15, -0.1) is 0 Å². The van der Waals surface area contributed by atoms with Crippen molar-refractivity contribution in [2.45, 2.75) is 6.92 Å². The van der Waals surface area contributed by atoms with Crippen LogP contribution >= 0.6 is 0 Å². The zero-order valence-corrected chi connectivity index (χ0v) is 15.9. The molecule has 3 heterocycles. The fourth-order valence-corrected chi connectivity index (χ4v) is 3.72. The van der Waals surface area contributed by atoms with E-state index in [0.717, 1.165) is 43.6 Å². The number of aryl methyl sites for hydroxylation is 1. The number of benzene rings is 1. The van der Waals surface area contributed by atoms with Crippen molar-refractivity contribution in [1.29, 1.82) is 5.26 Å². The van der Waals surface area contributed by atoms with E-state index in [1.807, 2.05) is 25.1 Å². The number of rotatable bonds is 3. The third kappa shape index (κ3) is 3.71. The summed E-state index contributed by atoms with van der Waals surface area (Å²) in [6.07, 6.45) is 0. The van der Waals surface area contributed by atoms with E-state index < -0.39 is 5.82 Å². The van der Waals surface area contributed by atoms with Crippen LogP contribution in [0.1, 0.15) is 11.4 Å². The molecule has 0 radical (unpaired) electrons. The highest BCUT2D eigenvalue weighted by Gasteiger charge is 2.23. The second-order valence-corrected chi connectivity index (χ2v) is 6.95. The van der Waals surface area contributed by atoms with Gasteiger partial charge in [0.25, 0.3) is 0 Å². The molecule has 0 amide bonds. The molecule has 4 rings (SSSR count). The Bertz CT molecular complexity index is 885. The summed E-state index contributed by atoms with van der Waals surface area (Å²) in [6, 6.07) is 8.82. The number of halogens is 1. The lowest BCUT2D eigenvalue weighted by Gasteiger charge is -2.37. The maximum Gasteiger partial charge on any atom is 0.143 e. The van der Waals surface area contributed by atoms with Crippen LogP contribution in [0.2, 0.25) is 0 Å². The van der Waals surface area contributed by atoms with Crippen molar-refractivity contribution in [2.75, 3.05) is 67.2 Å². The Hall–Kier alpha value is -2.92. The Kier molecular flexibility index (Phi) is 5.26. The van der Waals surface area contributed by atoms with Gasteiger partial charge in [0.05, 0.1) is 18.9 Å². The number of piperazine rings is 1. The minimum atomic E-state index is -0.469. The minimum Gasteiger partial charge on any atom is -0.378 e. The van der Waals surface area contributed by atoms with E-state index >= 15 is 0 Å². The van der Waals surface area contributed by atoms with Crippen LogP contribution in [-0.2, 0) is 4.74 Å². The summed E-state index contributed by atoms with van der Waals surface area (Å²) >= 11 is 0. The first-order valence-electron chi connectivity index (χ1n) is 9.52. The summed E-state index contributed by atoms with van der Waals surface area (Å²) in [4.78, 5) is 15.7. The summed E-state index contributed by atoms with van der Waals surface area (Å²) in [7, 11) is 0. The summed E-state index contributed by atoms with van der Waals surface area (Å²) in [5, 5.41) is 9.29. The van der Waals surface area contributed by atoms with Crippen LogP contribution in [0.25, 0.3) is 0 Å². The van der Waals surface area contributed by atoms with Gasteiger partial charge in [0.15, 0.2) is 0 Å². The number of nitriles is 1. The Morgan fingerprint density at radius 3 is 2.21 bits per heavy atom. The molecule has 0 atom stereocenters. The average molecular weight is 382 g/mol. The predicted octanol–water partition coefficient (Wildman–Crippen LogP) is 1.96. The molecular formula is C20H23FN6O. The third-order valence-corrected chi connectivity index (χ3v) is 5.19. The molecule has 2 aliphatic rings. The van der Waals surface area contributed by atoms with Gasteiger partial charge in [-0.2, -0.15) is 5.26 Å². The van der Waals surface area contributed by atoms with Crippen LogP contribution in [0.5, 0.6) is 0 Å². The molecule has 2 aromatic rings. The second kappa shape index (κ2) is 7.98. The smallest absolute Gasteiger partial charge is 0.143 e. The van der Waals surface area contributed by atoms with Crippen molar-refractivity contribution in [2.24, 2.45) is 0 Å². The summed E-state index contributed by atoms with van der Waals surface area (Å²) in [5.74, 6) is 2.13. The van der Waals surface area contributed by atoms with E-state index in [1.54, 1.807) is 6.07 Å². The summed E-state index contributed by atoms with van der Waals surface area (Å²) in [5.41, 5.74) is 0.776. The van der Waals surface area contributed by atoms with Crippen molar-refractivity contribution in [3.8, 4) is 6.07 Å². The molecule has 146 valence electrons. The van der Waals surface area contributed by atoms with Gasteiger partial charge in [0, 0.05) is 45.3 Å². The molecule has 1 aromatic heterocycles. The molecule has 2 aliphatic heterocycles. The second-order valence-electron chi connectivity index (χ2n) is 6.95. The fourth-order valence-electron chi connectivity index (χ4n) is 3.72. The molecular weight excluding hydrogens is 359 g/mol. The number of nitrogens with zero attached hydrogens (tertiary/aromatic N) is 6. The molecule has 28 heavy (non-hydrogen) atoms. The fraction of sp³-hybridized carbons (Fsp3) is 0.450. The van der Waals surface area contributed by atoms with Crippen LogP contribution in [-0.4, -0.2) is 62.5 Å². The Labute approximate surface area is 164 Å². The molecule has 0 N–H and O–H groups in total. The van der Waals surface area contributed by atoms with E-state index in [4.69, 9.17) is 4.74 Å². The lowest BCUT2D eigenvalue weighted by Crippen LogP contribution is -2.47. The van der Waals surface area contributed by atoms with Gasteiger partial charge >= 0.3 is 0 Å². The molecule has 1 aromatic carbocycles.